The number of sulfonamides is 1. The van der Waals surface area contributed by atoms with Gasteiger partial charge < -0.3 is 5.32 Å². The van der Waals surface area contributed by atoms with E-state index < -0.39 is 10.0 Å². The van der Waals surface area contributed by atoms with Crippen LogP contribution in [0.25, 0.3) is 0 Å². The number of benzene rings is 1. The van der Waals surface area contributed by atoms with Crippen molar-refractivity contribution in [1.82, 2.24) is 5.32 Å². The molecule has 0 radical (unpaired) electrons. The highest BCUT2D eigenvalue weighted by Gasteiger charge is 2.17. The molecular weight excluding hydrogens is 372 g/mol. The van der Waals surface area contributed by atoms with E-state index in [0.29, 0.717) is 17.1 Å². The van der Waals surface area contributed by atoms with Crippen LogP contribution in [-0.2, 0) is 23.0 Å². The summed E-state index contributed by atoms with van der Waals surface area (Å²) < 4.78 is 28.5. The van der Waals surface area contributed by atoms with Gasteiger partial charge in [-0.2, -0.15) is 0 Å². The Morgan fingerprint density at radius 2 is 2.05 bits per heavy atom. The highest BCUT2D eigenvalue weighted by Crippen LogP contribution is 2.26. The number of halogens is 1. The number of nitrogens with one attached hydrogen (secondary N) is 2. The van der Waals surface area contributed by atoms with E-state index in [2.05, 4.69) is 26.0 Å². The molecule has 0 aliphatic heterocycles. The van der Waals surface area contributed by atoms with Crippen LogP contribution in [0.2, 0.25) is 0 Å². The Hall–Kier alpha value is -0.890. The van der Waals surface area contributed by atoms with Crippen molar-refractivity contribution in [2.45, 2.75) is 24.8 Å². The van der Waals surface area contributed by atoms with Crippen LogP contribution in [0.5, 0.6) is 0 Å². The second-order valence-electron chi connectivity index (χ2n) is 4.54. The van der Waals surface area contributed by atoms with Crippen molar-refractivity contribution in [3.63, 3.8) is 0 Å². The third-order valence-corrected chi connectivity index (χ3v) is 5.91. The maximum Gasteiger partial charge on any atom is 0.262 e. The van der Waals surface area contributed by atoms with E-state index in [4.69, 9.17) is 0 Å². The Balaban J connectivity index is 2.28. The molecule has 0 saturated heterocycles. The number of hydrogen-bond donors (Lipinski definition) is 2. The summed E-state index contributed by atoms with van der Waals surface area (Å²) in [5.74, 6) is 0. The molecule has 2 aromatic rings. The van der Waals surface area contributed by atoms with Crippen molar-refractivity contribution in [2.24, 2.45) is 0 Å². The molecule has 2 rings (SSSR count). The van der Waals surface area contributed by atoms with E-state index in [9.17, 15) is 8.42 Å². The molecule has 4 nitrogen and oxygen atoms in total. The van der Waals surface area contributed by atoms with Gasteiger partial charge in [0.25, 0.3) is 10.0 Å². The van der Waals surface area contributed by atoms with Gasteiger partial charge in [0.1, 0.15) is 0 Å². The Kier molecular flexibility index (Phi) is 5.43. The number of thiophene rings is 1. The average Bonchev–Trinajstić information content (AvgIpc) is 2.90. The van der Waals surface area contributed by atoms with Gasteiger partial charge in [0, 0.05) is 21.3 Å². The van der Waals surface area contributed by atoms with E-state index in [-0.39, 0.29) is 0 Å². The Labute approximate surface area is 137 Å². The predicted octanol–water partition coefficient (Wildman–Crippen LogP) is 3.59. The number of hydrogen-bond acceptors (Lipinski definition) is 4. The van der Waals surface area contributed by atoms with E-state index in [1.807, 2.05) is 26.1 Å². The fourth-order valence-corrected chi connectivity index (χ4v) is 4.72. The van der Waals surface area contributed by atoms with Crippen LogP contribution in [-0.4, -0.2) is 15.5 Å². The average molecular weight is 389 g/mol. The van der Waals surface area contributed by atoms with Crippen LogP contribution in [0.4, 0.5) is 5.69 Å². The molecular formula is C14H17BrN2O2S2. The maximum absolute atomic E-state index is 12.4. The zero-order valence-corrected chi connectivity index (χ0v) is 15.0. The van der Waals surface area contributed by atoms with Crippen LogP contribution in [0.3, 0.4) is 0 Å². The summed E-state index contributed by atoms with van der Waals surface area (Å²) in [6.45, 7) is 2.66. The molecule has 1 aromatic carbocycles. The summed E-state index contributed by atoms with van der Waals surface area (Å²) in [6, 6.07) is 7.24. The molecule has 0 atom stereocenters. The number of anilines is 1. The first-order chi connectivity index (χ1) is 9.96. The van der Waals surface area contributed by atoms with Gasteiger partial charge in [-0.15, -0.1) is 11.3 Å². The van der Waals surface area contributed by atoms with E-state index >= 15 is 0 Å². The van der Waals surface area contributed by atoms with Crippen LogP contribution in [0, 0.1) is 0 Å². The molecule has 1 heterocycles. The maximum atomic E-state index is 12.4. The molecule has 0 spiro atoms. The van der Waals surface area contributed by atoms with Crippen LogP contribution in [0.1, 0.15) is 17.4 Å². The third kappa shape index (κ3) is 4.06. The van der Waals surface area contributed by atoms with Gasteiger partial charge in [0.2, 0.25) is 0 Å². The van der Waals surface area contributed by atoms with E-state index in [1.165, 1.54) is 11.3 Å². The normalized spacial score (nSPS) is 11.6. The molecule has 7 heteroatoms. The van der Waals surface area contributed by atoms with Crippen molar-refractivity contribution in [2.75, 3.05) is 11.8 Å². The summed E-state index contributed by atoms with van der Waals surface area (Å²) in [4.78, 5) is 1.30. The molecule has 1 aromatic heterocycles. The lowest BCUT2D eigenvalue weighted by Gasteiger charge is -2.11. The first-order valence-corrected chi connectivity index (χ1v) is 9.65. The molecule has 0 amide bonds. The minimum absolute atomic E-state index is 0.308. The van der Waals surface area contributed by atoms with E-state index in [0.717, 1.165) is 21.3 Å². The minimum atomic E-state index is -3.54. The van der Waals surface area contributed by atoms with Crippen molar-refractivity contribution >= 4 is 43.0 Å². The summed E-state index contributed by atoms with van der Waals surface area (Å²) >= 11 is 4.83. The Morgan fingerprint density at radius 1 is 1.29 bits per heavy atom. The van der Waals surface area contributed by atoms with Gasteiger partial charge in [0.15, 0.2) is 0 Å². The molecule has 21 heavy (non-hydrogen) atoms. The Morgan fingerprint density at radius 3 is 2.71 bits per heavy atom. The van der Waals surface area contributed by atoms with Gasteiger partial charge in [-0.25, -0.2) is 8.42 Å². The van der Waals surface area contributed by atoms with Crippen molar-refractivity contribution in [3.8, 4) is 0 Å². The zero-order chi connectivity index (χ0) is 15.5. The first-order valence-electron chi connectivity index (χ1n) is 6.49. The van der Waals surface area contributed by atoms with Gasteiger partial charge in [-0.05, 0) is 43.3 Å². The zero-order valence-electron chi connectivity index (χ0n) is 11.8. The monoisotopic (exact) mass is 388 g/mol. The molecule has 114 valence electrons. The summed E-state index contributed by atoms with van der Waals surface area (Å²) in [5, 5.41) is 4.68. The molecule has 0 aliphatic carbocycles. The molecule has 2 N–H and O–H groups in total. The van der Waals surface area contributed by atoms with Gasteiger partial charge in [0.05, 0.1) is 10.6 Å². The summed E-state index contributed by atoms with van der Waals surface area (Å²) in [5.41, 5.74) is 1.58. The largest absolute Gasteiger partial charge is 0.315 e. The highest BCUT2D eigenvalue weighted by atomic mass is 79.9. The second kappa shape index (κ2) is 6.91. The Bertz CT molecular complexity index is 726. The topological polar surface area (TPSA) is 58.2 Å². The van der Waals surface area contributed by atoms with Crippen molar-refractivity contribution in [1.29, 1.82) is 0 Å². The standard InChI is InChI=1S/C14H17BrN2O2S2/c1-3-10-6-11(15)4-5-14(10)17-21(18,19)13-7-12(8-16-2)20-9-13/h4-7,9,16-17H,3,8H2,1-2H3. The fourth-order valence-electron chi connectivity index (χ4n) is 1.93. The number of rotatable bonds is 6. The summed E-state index contributed by atoms with van der Waals surface area (Å²) in [6.07, 6.45) is 0.756. The lowest BCUT2D eigenvalue weighted by Crippen LogP contribution is -2.13. The summed E-state index contributed by atoms with van der Waals surface area (Å²) in [7, 11) is -1.70. The van der Waals surface area contributed by atoms with Crippen molar-refractivity contribution in [3.05, 3.63) is 44.6 Å². The molecule has 0 unspecified atom stereocenters. The van der Waals surface area contributed by atoms with Crippen molar-refractivity contribution < 1.29 is 8.42 Å². The smallest absolute Gasteiger partial charge is 0.262 e. The molecule has 0 fully saturated rings. The number of aryl methyl sites for hydroxylation is 1. The molecule has 0 bridgehead atoms. The molecule has 0 aliphatic rings. The fraction of sp³-hybridized carbons (Fsp3) is 0.286. The van der Waals surface area contributed by atoms with Gasteiger partial charge in [-0.1, -0.05) is 22.9 Å². The first kappa shape index (κ1) is 16.5. The SMILES string of the molecule is CCc1cc(Br)ccc1NS(=O)(=O)c1csc(CNC)c1. The van der Waals surface area contributed by atoms with Gasteiger partial charge in [-0.3, -0.25) is 4.72 Å². The lowest BCUT2D eigenvalue weighted by molar-refractivity contribution is 0.601. The quantitative estimate of drug-likeness (QED) is 0.794. The molecule has 0 saturated carbocycles. The van der Waals surface area contributed by atoms with Crippen LogP contribution in [0.15, 0.2) is 39.0 Å². The lowest BCUT2D eigenvalue weighted by atomic mass is 10.1. The highest BCUT2D eigenvalue weighted by molar-refractivity contribution is 9.10. The van der Waals surface area contributed by atoms with E-state index in [1.54, 1.807) is 17.5 Å². The second-order valence-corrected chi connectivity index (χ2v) is 8.13. The predicted molar refractivity (Wildman–Crippen MR) is 91.4 cm³/mol. The third-order valence-electron chi connectivity index (χ3n) is 2.98. The van der Waals surface area contributed by atoms with Crippen LogP contribution >= 0.6 is 27.3 Å². The minimum Gasteiger partial charge on any atom is -0.315 e. The van der Waals surface area contributed by atoms with Crippen LogP contribution < -0.4 is 10.0 Å². The van der Waals surface area contributed by atoms with Gasteiger partial charge >= 0.3 is 0 Å².